The Morgan fingerprint density at radius 2 is 0.945 bits per heavy atom. The third kappa shape index (κ3) is 22.3. The molecule has 4 aromatic heterocycles. The average Bonchev–Trinajstić information content (AvgIpc) is 1.46. The number of nitrogens with two attached hydrogens (primary N) is 2. The molecule has 0 atom stereocenters. The lowest BCUT2D eigenvalue weighted by Gasteiger charge is -2.34. The van der Waals surface area contributed by atoms with E-state index in [1.165, 1.54) is 42.3 Å². The molecule has 0 saturated carbocycles. The molecular formula is C66H66Cl6N20O14S4. The molecule has 110 heavy (non-hydrogen) atoms. The summed E-state index contributed by atoms with van der Waals surface area (Å²) in [5.41, 5.74) is 16.0. The first-order valence-electron chi connectivity index (χ1n) is 32.0. The van der Waals surface area contributed by atoms with E-state index in [0.717, 1.165) is 99.9 Å². The number of nitrogen functional groups attached to an aromatic ring is 2. The van der Waals surface area contributed by atoms with Gasteiger partial charge in [0.25, 0.3) is 30.4 Å². The van der Waals surface area contributed by atoms with Gasteiger partial charge in [0, 0.05) is 122 Å². The molecule has 0 spiro atoms. The molecule has 0 unspecified atom stereocenters. The topological polar surface area (TPSA) is 458 Å². The van der Waals surface area contributed by atoms with Gasteiger partial charge in [-0.15, -0.1) is 0 Å². The second-order valence-electron chi connectivity index (χ2n) is 23.6. The van der Waals surface area contributed by atoms with Crippen LogP contribution in [0.2, 0.25) is 26.2 Å². The molecule has 2 fully saturated rings. The molecule has 580 valence electrons. The van der Waals surface area contributed by atoms with Crippen LogP contribution in [-0.2, 0) is 50.3 Å². The third-order valence-corrected chi connectivity index (χ3v) is 23.5. The average molecular weight is 1700 g/mol. The van der Waals surface area contributed by atoms with Crippen molar-refractivity contribution in [2.45, 2.75) is 31.1 Å². The number of nitro benzene ring substituents is 2. The monoisotopic (exact) mass is 1700 g/mol. The van der Waals surface area contributed by atoms with Gasteiger partial charge in [-0.3, -0.25) is 25.0 Å². The summed E-state index contributed by atoms with van der Waals surface area (Å²) in [6, 6.07) is 35.3. The van der Waals surface area contributed by atoms with Gasteiger partial charge in [-0.25, -0.2) is 68.6 Å². The first-order valence-corrected chi connectivity index (χ1v) is 41.0. The van der Waals surface area contributed by atoms with E-state index in [1.807, 2.05) is 24.3 Å². The summed E-state index contributed by atoms with van der Waals surface area (Å²) < 4.78 is 109. The summed E-state index contributed by atoms with van der Waals surface area (Å²) in [6.45, 7) is 8.31. The fraction of sp³-hybridized carbons (Fsp3) is 0.212. The Hall–Kier alpha value is -10.1. The minimum atomic E-state index is -4.22. The number of sulfone groups is 2. The maximum absolute atomic E-state index is 12.8. The number of benzene rings is 6. The number of para-hydroxylation sites is 4. The van der Waals surface area contributed by atoms with E-state index < -0.39 is 69.8 Å². The second-order valence-corrected chi connectivity index (χ2v) is 33.4. The number of nitro groups is 2. The Labute approximate surface area is 660 Å². The summed E-state index contributed by atoms with van der Waals surface area (Å²) in [5.74, 6) is 2.41. The molecule has 8 heterocycles. The van der Waals surface area contributed by atoms with E-state index in [9.17, 15) is 53.9 Å². The number of aromatic nitrogens is 8. The van der Waals surface area contributed by atoms with Gasteiger partial charge >= 0.3 is 0 Å². The van der Waals surface area contributed by atoms with E-state index >= 15 is 0 Å². The zero-order valence-corrected chi connectivity index (χ0v) is 65.9. The SMILES string of the molecule is COc1cc(N2CCN(C)CC2)ccc1N.COc1cc(N2CCN(C)CC2)ccc1Nc1ncc2c(n1)Nc1ccccc1S(=O)(=O)C2.Nc1cnc(Cl)nc1Cl.O=S1(=O)Cc2cnc(Cl)nc2Nc2ccccc21.O=[N+]([O-])c1ccccc1S(=O)(=O)Cl.O=[N+]([O-])c1ccccc1S(=O)(=O)Nc1cnc(Cl)nc1Cl. The van der Waals surface area contributed by atoms with E-state index in [-0.39, 0.29) is 53.1 Å². The zero-order chi connectivity index (χ0) is 79.8. The van der Waals surface area contributed by atoms with Gasteiger partial charge < -0.3 is 56.5 Å². The number of nitrogens with one attached hydrogen (secondary N) is 4. The molecule has 0 amide bonds. The predicted octanol–water partition coefficient (Wildman–Crippen LogP) is 11.6. The van der Waals surface area contributed by atoms with Gasteiger partial charge in [0.1, 0.15) is 28.8 Å². The minimum Gasteiger partial charge on any atom is -0.495 e. The Kier molecular flexibility index (Phi) is 28.3. The number of piperazine rings is 2. The van der Waals surface area contributed by atoms with Gasteiger partial charge in [0.05, 0.1) is 86.2 Å². The van der Waals surface area contributed by atoms with Crippen molar-refractivity contribution in [2.75, 3.05) is 123 Å². The van der Waals surface area contributed by atoms with Crippen molar-refractivity contribution < 1.29 is 53.0 Å². The highest BCUT2D eigenvalue weighted by Crippen LogP contribution is 2.38. The highest BCUT2D eigenvalue weighted by molar-refractivity contribution is 8.13. The van der Waals surface area contributed by atoms with Crippen LogP contribution < -0.4 is 51.4 Å². The number of nitrogens with zero attached hydrogens (tertiary/aromatic N) is 14. The lowest BCUT2D eigenvalue weighted by Crippen LogP contribution is -2.44. The predicted molar refractivity (Wildman–Crippen MR) is 422 cm³/mol. The normalized spacial score (nSPS) is 14.6. The largest absolute Gasteiger partial charge is 0.495 e. The van der Waals surface area contributed by atoms with Crippen molar-refractivity contribution in [1.82, 2.24) is 49.7 Å². The Bertz CT molecular complexity index is 5510. The molecule has 2 saturated heterocycles. The third-order valence-electron chi connectivity index (χ3n) is 16.1. The lowest BCUT2D eigenvalue weighted by molar-refractivity contribution is -0.388. The Morgan fingerprint density at radius 1 is 0.509 bits per heavy atom. The van der Waals surface area contributed by atoms with E-state index in [4.69, 9.17) is 89.6 Å². The summed E-state index contributed by atoms with van der Waals surface area (Å²) in [5, 5.41) is 30.6. The van der Waals surface area contributed by atoms with Crippen LogP contribution in [-0.4, -0.2) is 174 Å². The van der Waals surface area contributed by atoms with Crippen LogP contribution in [0, 0.1) is 20.2 Å². The number of anilines is 11. The van der Waals surface area contributed by atoms with E-state index in [0.29, 0.717) is 57.2 Å². The quantitative estimate of drug-likeness (QED) is 0.0165. The van der Waals surface area contributed by atoms with E-state index in [1.54, 1.807) is 68.9 Å². The summed E-state index contributed by atoms with van der Waals surface area (Å²) >= 11 is 27.8. The Balaban J connectivity index is 0.000000159. The number of ether oxygens (including phenoxy) is 2. The molecular weight excluding hydrogens is 1640 g/mol. The maximum Gasteiger partial charge on any atom is 0.289 e. The van der Waals surface area contributed by atoms with Crippen LogP contribution in [0.5, 0.6) is 11.5 Å². The Morgan fingerprint density at radius 3 is 1.44 bits per heavy atom. The number of rotatable bonds is 12. The van der Waals surface area contributed by atoms with Crippen LogP contribution in [0.4, 0.5) is 74.5 Å². The number of fused-ring (bicyclic) bond motifs is 4. The van der Waals surface area contributed by atoms with Crippen molar-refractivity contribution in [2.24, 2.45) is 0 Å². The first-order chi connectivity index (χ1) is 52.1. The number of likely N-dealkylation sites (N-methyl/N-ethyl adjacent to an activating group) is 2. The zero-order valence-electron chi connectivity index (χ0n) is 58.1. The van der Waals surface area contributed by atoms with Crippen LogP contribution in [0.25, 0.3) is 0 Å². The van der Waals surface area contributed by atoms with Crippen LogP contribution in [0.15, 0.2) is 178 Å². The van der Waals surface area contributed by atoms with Gasteiger partial charge in [-0.1, -0.05) is 71.7 Å². The van der Waals surface area contributed by atoms with Crippen molar-refractivity contribution in [3.8, 4) is 11.5 Å². The van der Waals surface area contributed by atoms with Crippen LogP contribution in [0.3, 0.4) is 0 Å². The molecule has 0 bridgehead atoms. The molecule has 34 nitrogen and oxygen atoms in total. The summed E-state index contributed by atoms with van der Waals surface area (Å²) in [4.78, 5) is 59.6. The molecule has 0 radical (unpaired) electrons. The van der Waals surface area contributed by atoms with Gasteiger partial charge in [0.2, 0.25) is 21.8 Å². The highest BCUT2D eigenvalue weighted by Gasteiger charge is 2.30. The number of halogens is 6. The first kappa shape index (κ1) is 83.9. The number of sulfonamides is 1. The van der Waals surface area contributed by atoms with Gasteiger partial charge in [-0.2, -0.15) is 4.98 Å². The number of methoxy groups -OCH3 is 2. The van der Waals surface area contributed by atoms with Crippen LogP contribution >= 0.6 is 68.7 Å². The van der Waals surface area contributed by atoms with Gasteiger partial charge in [-0.05, 0) is 110 Å². The fourth-order valence-electron chi connectivity index (χ4n) is 10.5. The van der Waals surface area contributed by atoms with Gasteiger partial charge in [0.15, 0.2) is 39.8 Å². The van der Waals surface area contributed by atoms with Crippen molar-refractivity contribution in [3.05, 3.63) is 216 Å². The van der Waals surface area contributed by atoms with Crippen LogP contribution in [0.1, 0.15) is 11.1 Å². The standard InChI is InChI=1S/C23H26N6O3S.C12H19N3O.C11H8ClN3O2S.C10H6Cl2N4O4S.C6H4ClNO4S.C4H3Cl2N3/c1-28-9-11-29(12-10-28)17-7-8-18(20(13-17)32-2)26-23-24-14-16-15-33(30,31)21-6-4-3-5-19(21)25-22(16)27-23;1-14-5-7-15(8-6-14)10-3-4-11(13)12(9-10)16-2;12-11-13-5-7-6-18(16,17)9-4-2-1-3-8(9)14-10(7)15-11;11-9-6(5-13-10(12)14-9)15-21(19,20)8-4-2-1-3-7(8)16(17)18;7-13(11,12)6-4-2-1-3-5(6)8(9)10;5-3-2(7)1-8-4(6)9-3/h3-8,13-14H,9-12,15H2,1-2H3,(H2,24,25,26,27);3-4,9H,5-8,13H2,1-2H3;1-5H,6H2,(H,13,14,15);1-5,15H;1-4H;1H,7H2. The maximum atomic E-state index is 12.8. The molecule has 4 aliphatic rings. The van der Waals surface area contributed by atoms with Crippen molar-refractivity contribution in [3.63, 3.8) is 0 Å². The summed E-state index contributed by atoms with van der Waals surface area (Å²) in [7, 11) is -2.60. The molecule has 6 aromatic carbocycles. The molecule has 0 aliphatic carbocycles. The molecule has 10 aromatic rings. The number of hydrogen-bond acceptors (Lipinski definition) is 31. The number of hydrogen-bond donors (Lipinski definition) is 6. The lowest BCUT2D eigenvalue weighted by atomic mass is 10.2. The summed E-state index contributed by atoms with van der Waals surface area (Å²) in [6.07, 6.45) is 5.40. The smallest absolute Gasteiger partial charge is 0.289 e. The molecule has 4 aliphatic heterocycles. The fourth-order valence-corrected chi connectivity index (χ4v) is 16.6. The van der Waals surface area contributed by atoms with E-state index in [2.05, 4.69) is 106 Å². The second kappa shape index (κ2) is 37.1. The minimum absolute atomic E-state index is 0.0815. The molecule has 44 heteroatoms. The highest BCUT2D eigenvalue weighted by atomic mass is 35.7. The van der Waals surface area contributed by atoms with Crippen molar-refractivity contribution >= 4 is 182 Å². The molecule has 14 rings (SSSR count). The van der Waals surface area contributed by atoms with Crippen molar-refractivity contribution in [1.29, 1.82) is 0 Å². The molecule has 8 N–H and O–H groups in total.